The Morgan fingerprint density at radius 2 is 1.95 bits per heavy atom. The van der Waals surface area contributed by atoms with E-state index < -0.39 is 0 Å². The number of phenols is 1. The van der Waals surface area contributed by atoms with Crippen LogP contribution in [0.4, 0.5) is 0 Å². The van der Waals surface area contributed by atoms with E-state index in [0.717, 1.165) is 11.8 Å². The molecule has 22 heavy (non-hydrogen) atoms. The van der Waals surface area contributed by atoms with Crippen molar-refractivity contribution >= 4 is 6.21 Å². The summed E-state index contributed by atoms with van der Waals surface area (Å²) in [6.45, 7) is 5.96. The number of aromatic hydroxyl groups is 1. The van der Waals surface area contributed by atoms with Crippen molar-refractivity contribution in [1.82, 2.24) is 4.98 Å². The molecule has 0 saturated heterocycles. The highest BCUT2D eigenvalue weighted by atomic mass is 16.3. The van der Waals surface area contributed by atoms with Crippen LogP contribution in [-0.4, -0.2) is 16.3 Å². The molecule has 3 N–H and O–H groups in total. The molecular weight excluding hydrogens is 276 g/mol. The number of phenolic OH excluding ortho intramolecular Hbond substituents is 1. The van der Waals surface area contributed by atoms with Gasteiger partial charge in [0.15, 0.2) is 0 Å². The van der Waals surface area contributed by atoms with Crippen LogP contribution in [0, 0.1) is 17.3 Å². The van der Waals surface area contributed by atoms with Gasteiger partial charge in [0.1, 0.15) is 5.75 Å². The number of pyridine rings is 1. The first-order valence-corrected chi connectivity index (χ1v) is 6.90. The minimum absolute atomic E-state index is 0.112. The predicted molar refractivity (Wildman–Crippen MR) is 87.7 cm³/mol. The van der Waals surface area contributed by atoms with E-state index in [1.807, 2.05) is 26.8 Å². The Bertz CT molecular complexity index is 831. The van der Waals surface area contributed by atoms with E-state index in [1.54, 1.807) is 18.2 Å². The number of benzene rings is 1. The van der Waals surface area contributed by atoms with Gasteiger partial charge in [-0.2, -0.15) is 0 Å². The Morgan fingerprint density at radius 3 is 2.55 bits per heavy atom. The molecule has 1 aromatic heterocycles. The van der Waals surface area contributed by atoms with Crippen molar-refractivity contribution in [2.75, 3.05) is 0 Å². The summed E-state index contributed by atoms with van der Waals surface area (Å²) >= 11 is 0. The molecule has 0 aliphatic rings. The molecule has 1 heterocycles. The first-order chi connectivity index (χ1) is 10.3. The lowest BCUT2D eigenvalue weighted by atomic mass is 9.84. The lowest BCUT2D eigenvalue weighted by Crippen LogP contribution is -2.12. The van der Waals surface area contributed by atoms with Gasteiger partial charge in [0.2, 0.25) is 5.56 Å². The summed E-state index contributed by atoms with van der Waals surface area (Å²) in [4.78, 5) is 13.9. The minimum Gasteiger partial charge on any atom is -0.507 e. The molecule has 0 fully saturated rings. The summed E-state index contributed by atoms with van der Waals surface area (Å²) < 4.78 is 0. The maximum absolute atomic E-state index is 11.2. The molecule has 0 spiro atoms. The van der Waals surface area contributed by atoms with Crippen molar-refractivity contribution in [3.63, 3.8) is 0 Å². The Balaban J connectivity index is 2.53. The molecule has 2 rings (SSSR count). The molecule has 4 nitrogen and oxygen atoms in total. The van der Waals surface area contributed by atoms with Crippen molar-refractivity contribution in [2.45, 2.75) is 26.2 Å². The second-order valence-corrected chi connectivity index (χ2v) is 6.03. The molecule has 1 aromatic carbocycles. The van der Waals surface area contributed by atoms with Crippen LogP contribution >= 0.6 is 0 Å². The van der Waals surface area contributed by atoms with E-state index in [-0.39, 0.29) is 16.7 Å². The molecule has 0 aliphatic carbocycles. The molecule has 0 amide bonds. The van der Waals surface area contributed by atoms with Crippen molar-refractivity contribution in [3.8, 4) is 17.6 Å². The summed E-state index contributed by atoms with van der Waals surface area (Å²) in [5, 5.41) is 17.6. The van der Waals surface area contributed by atoms with Crippen LogP contribution in [0.5, 0.6) is 5.75 Å². The van der Waals surface area contributed by atoms with Crippen LogP contribution < -0.4 is 5.56 Å². The van der Waals surface area contributed by atoms with Crippen molar-refractivity contribution in [3.05, 3.63) is 63.1 Å². The van der Waals surface area contributed by atoms with Crippen LogP contribution in [0.2, 0.25) is 0 Å². The lowest BCUT2D eigenvalue weighted by molar-refractivity contribution is 0.446. The summed E-state index contributed by atoms with van der Waals surface area (Å²) in [6.07, 6.45) is 1.11. The first-order valence-electron chi connectivity index (χ1n) is 6.90. The smallest absolute Gasteiger partial charge is 0.248 e. The standard InChI is InChI=1S/C18H18N2O2/c1-18(2,3)15-10-12(9-13(11-19)17(15)22)7-8-14-5-4-6-16(21)20-14/h4-6,9-11,19,22H,1-3H3,(H,20,21). The van der Waals surface area contributed by atoms with Gasteiger partial charge in [-0.05, 0) is 29.5 Å². The van der Waals surface area contributed by atoms with Crippen molar-refractivity contribution < 1.29 is 5.11 Å². The Kier molecular flexibility index (Phi) is 4.18. The third kappa shape index (κ3) is 3.44. The van der Waals surface area contributed by atoms with E-state index in [1.165, 1.54) is 6.07 Å². The normalized spacial score (nSPS) is 10.7. The summed E-state index contributed by atoms with van der Waals surface area (Å²) in [7, 11) is 0. The largest absolute Gasteiger partial charge is 0.507 e. The van der Waals surface area contributed by atoms with Gasteiger partial charge in [-0.1, -0.05) is 32.8 Å². The third-order valence-corrected chi connectivity index (χ3v) is 3.21. The topological polar surface area (TPSA) is 76.9 Å². The first kappa shape index (κ1) is 15.6. The number of rotatable bonds is 1. The van der Waals surface area contributed by atoms with Gasteiger partial charge >= 0.3 is 0 Å². The number of nitrogens with one attached hydrogen (secondary N) is 2. The summed E-state index contributed by atoms with van der Waals surface area (Å²) in [5.41, 5.74) is 1.91. The van der Waals surface area contributed by atoms with Gasteiger partial charge in [0.05, 0.1) is 5.69 Å². The molecule has 0 aliphatic heterocycles. The van der Waals surface area contributed by atoms with E-state index in [2.05, 4.69) is 16.8 Å². The number of hydrogen-bond acceptors (Lipinski definition) is 3. The van der Waals surface area contributed by atoms with E-state index in [9.17, 15) is 9.90 Å². The number of aromatic nitrogens is 1. The van der Waals surface area contributed by atoms with Gasteiger partial charge in [0.25, 0.3) is 0 Å². The second-order valence-electron chi connectivity index (χ2n) is 6.03. The number of aromatic amines is 1. The Hall–Kier alpha value is -2.80. The van der Waals surface area contributed by atoms with E-state index in [0.29, 0.717) is 16.8 Å². The van der Waals surface area contributed by atoms with Crippen LogP contribution in [-0.2, 0) is 5.41 Å². The zero-order valence-electron chi connectivity index (χ0n) is 12.8. The highest BCUT2D eigenvalue weighted by Crippen LogP contribution is 2.33. The van der Waals surface area contributed by atoms with Crippen LogP contribution in [0.15, 0.2) is 35.1 Å². The molecule has 0 radical (unpaired) electrons. The van der Waals surface area contributed by atoms with Gasteiger partial charge in [-0.25, -0.2) is 0 Å². The lowest BCUT2D eigenvalue weighted by Gasteiger charge is -2.21. The van der Waals surface area contributed by atoms with Crippen LogP contribution in [0.1, 0.15) is 43.2 Å². The third-order valence-electron chi connectivity index (χ3n) is 3.21. The molecular formula is C18H18N2O2. The molecule has 0 saturated carbocycles. The number of H-pyrrole nitrogens is 1. The fourth-order valence-corrected chi connectivity index (χ4v) is 2.07. The Morgan fingerprint density at radius 1 is 1.23 bits per heavy atom. The van der Waals surface area contributed by atoms with Gasteiger partial charge in [-0.15, -0.1) is 0 Å². The van der Waals surface area contributed by atoms with E-state index in [4.69, 9.17) is 5.41 Å². The number of hydrogen-bond donors (Lipinski definition) is 3. The zero-order chi connectivity index (χ0) is 16.3. The second kappa shape index (κ2) is 5.90. The minimum atomic E-state index is -0.263. The maximum Gasteiger partial charge on any atom is 0.248 e. The molecule has 0 bridgehead atoms. The highest BCUT2D eigenvalue weighted by Gasteiger charge is 2.20. The Labute approximate surface area is 129 Å². The predicted octanol–water partition coefficient (Wildman–Crippen LogP) is 2.78. The van der Waals surface area contributed by atoms with Crippen molar-refractivity contribution in [2.24, 2.45) is 0 Å². The fourth-order valence-electron chi connectivity index (χ4n) is 2.07. The molecule has 0 atom stereocenters. The van der Waals surface area contributed by atoms with Crippen LogP contribution in [0.3, 0.4) is 0 Å². The highest BCUT2D eigenvalue weighted by molar-refractivity contribution is 5.83. The molecule has 4 heteroatoms. The SMILES string of the molecule is CC(C)(C)c1cc(C#Cc2cccc(=O)[nH]2)cc(C=N)c1O. The molecule has 112 valence electrons. The summed E-state index contributed by atoms with van der Waals surface area (Å²) in [5.74, 6) is 5.97. The monoisotopic (exact) mass is 294 g/mol. The zero-order valence-corrected chi connectivity index (χ0v) is 12.8. The fraction of sp³-hybridized carbons (Fsp3) is 0.222. The van der Waals surface area contributed by atoms with E-state index >= 15 is 0 Å². The maximum atomic E-state index is 11.2. The molecule has 0 unspecified atom stereocenters. The summed E-state index contributed by atoms with van der Waals surface area (Å²) in [6, 6.07) is 8.26. The van der Waals surface area contributed by atoms with Gasteiger partial charge in [-0.3, -0.25) is 4.79 Å². The van der Waals surface area contributed by atoms with Gasteiger partial charge in [0, 0.05) is 29.0 Å². The average Bonchev–Trinajstić information content (AvgIpc) is 2.45. The average molecular weight is 294 g/mol. The quantitative estimate of drug-likeness (QED) is 0.558. The molecule has 2 aromatic rings. The van der Waals surface area contributed by atoms with Crippen molar-refractivity contribution in [1.29, 1.82) is 5.41 Å². The van der Waals surface area contributed by atoms with Gasteiger partial charge < -0.3 is 15.5 Å². The van der Waals surface area contributed by atoms with Crippen LogP contribution in [0.25, 0.3) is 0 Å².